The summed E-state index contributed by atoms with van der Waals surface area (Å²) in [5.74, 6) is 1.35. The fraction of sp³-hybridized carbons (Fsp3) is 0.560. The van der Waals surface area contributed by atoms with Crippen LogP contribution in [0, 0.1) is 0 Å². The lowest BCUT2D eigenvalue weighted by molar-refractivity contribution is 0.0988. The molecule has 4 heterocycles. The van der Waals surface area contributed by atoms with E-state index in [-0.39, 0.29) is 11.9 Å². The Bertz CT molecular complexity index is 1000. The number of benzene rings is 1. The van der Waals surface area contributed by atoms with Crippen molar-refractivity contribution in [2.75, 3.05) is 65.8 Å². The van der Waals surface area contributed by atoms with Gasteiger partial charge in [-0.25, -0.2) is 4.98 Å². The molecule has 0 bridgehead atoms. The van der Waals surface area contributed by atoms with E-state index in [1.165, 1.54) is 5.69 Å². The maximum Gasteiger partial charge on any atom is 0.263 e. The van der Waals surface area contributed by atoms with Gasteiger partial charge in [0, 0.05) is 75.5 Å². The first kappa shape index (κ1) is 21.9. The maximum atomic E-state index is 13.7. The summed E-state index contributed by atoms with van der Waals surface area (Å²) >= 11 is 0. The van der Waals surface area contributed by atoms with Gasteiger partial charge in [0.15, 0.2) is 0 Å². The minimum atomic E-state index is -0.00998. The number of hydrogen-bond donors (Lipinski definition) is 1. The second-order valence-electron chi connectivity index (χ2n) is 9.50. The molecule has 2 saturated heterocycles. The Morgan fingerprint density at radius 2 is 1.91 bits per heavy atom. The lowest BCUT2D eigenvalue weighted by Gasteiger charge is -2.38. The zero-order chi connectivity index (χ0) is 22.9. The van der Waals surface area contributed by atoms with Gasteiger partial charge in [0.25, 0.3) is 5.91 Å². The first-order chi connectivity index (χ1) is 16.0. The maximum absolute atomic E-state index is 13.7. The summed E-state index contributed by atoms with van der Waals surface area (Å²) in [6, 6.07) is 9.34. The molecule has 0 radical (unpaired) electrons. The summed E-state index contributed by atoms with van der Waals surface area (Å²) in [7, 11) is 0. The summed E-state index contributed by atoms with van der Waals surface area (Å²) in [6.07, 6.45) is 3.89. The molecule has 3 aliphatic heterocycles. The first-order valence-electron chi connectivity index (χ1n) is 12.3. The van der Waals surface area contributed by atoms with Crippen molar-refractivity contribution < 1.29 is 4.79 Å². The van der Waals surface area contributed by atoms with Crippen LogP contribution in [0.1, 0.15) is 44.0 Å². The Hall–Kier alpha value is -2.87. The highest BCUT2D eigenvalue weighted by molar-refractivity contribution is 6.10. The third-order valence-electron chi connectivity index (χ3n) is 7.17. The van der Waals surface area contributed by atoms with E-state index in [1.54, 1.807) is 6.20 Å². The highest BCUT2D eigenvalue weighted by Gasteiger charge is 2.37. The average molecular weight is 450 g/mol. The summed E-state index contributed by atoms with van der Waals surface area (Å²) < 4.78 is 0. The van der Waals surface area contributed by atoms with E-state index in [9.17, 15) is 4.79 Å². The van der Waals surface area contributed by atoms with E-state index < -0.39 is 0 Å². The number of nitrogens with zero attached hydrogens (tertiary/aromatic N) is 6. The van der Waals surface area contributed by atoms with Gasteiger partial charge in [0.2, 0.25) is 5.95 Å². The smallest absolute Gasteiger partial charge is 0.263 e. The third kappa shape index (κ3) is 4.24. The van der Waals surface area contributed by atoms with Crippen LogP contribution in [-0.2, 0) is 0 Å². The molecule has 3 aliphatic rings. The van der Waals surface area contributed by atoms with E-state index in [1.807, 2.05) is 11.8 Å². The summed E-state index contributed by atoms with van der Waals surface area (Å²) in [6.45, 7) is 13.1. The van der Waals surface area contributed by atoms with Crippen LogP contribution in [0.5, 0.6) is 0 Å². The molecular formula is C25H35N7O. The Labute approximate surface area is 196 Å². The standard InChI is InChI=1S/C25H35N7O/c1-4-26-25-27-16-22-23(28-25)31-10-6-9-21(31)17-32(24(22)33)20-8-5-7-19(15-20)30-13-11-29(12-14-30)18(2)3/h5,7-8,15-16,18,21H,4,6,9-14,17H2,1-3H3,(H,26,27,28). The van der Waals surface area contributed by atoms with Gasteiger partial charge < -0.3 is 20.0 Å². The molecule has 0 saturated carbocycles. The number of carbonyl (C=O) groups excluding carboxylic acids is 1. The molecule has 1 N–H and O–H groups in total. The molecule has 8 heteroatoms. The number of nitrogens with one attached hydrogen (secondary N) is 1. The molecule has 1 aromatic carbocycles. The van der Waals surface area contributed by atoms with E-state index in [0.29, 0.717) is 24.1 Å². The fourth-order valence-corrected chi connectivity index (χ4v) is 5.31. The zero-order valence-corrected chi connectivity index (χ0v) is 20.0. The van der Waals surface area contributed by atoms with Gasteiger partial charge in [0.1, 0.15) is 11.4 Å². The lowest BCUT2D eigenvalue weighted by Crippen LogP contribution is -2.49. The Balaban J connectivity index is 1.44. The summed E-state index contributed by atoms with van der Waals surface area (Å²) in [5, 5.41) is 3.19. The van der Waals surface area contributed by atoms with Crippen LogP contribution < -0.4 is 20.0 Å². The zero-order valence-electron chi connectivity index (χ0n) is 20.0. The van der Waals surface area contributed by atoms with Crippen LogP contribution >= 0.6 is 0 Å². The topological polar surface area (TPSA) is 67.8 Å². The van der Waals surface area contributed by atoms with E-state index >= 15 is 0 Å². The third-order valence-corrected chi connectivity index (χ3v) is 7.17. The van der Waals surface area contributed by atoms with Crippen LogP contribution in [-0.4, -0.2) is 78.7 Å². The highest BCUT2D eigenvalue weighted by atomic mass is 16.2. The minimum Gasteiger partial charge on any atom is -0.369 e. The average Bonchev–Trinajstić information content (AvgIpc) is 3.26. The molecule has 0 aliphatic carbocycles. The van der Waals surface area contributed by atoms with Crippen LogP contribution in [0.25, 0.3) is 0 Å². The van der Waals surface area contributed by atoms with Crippen LogP contribution in [0.4, 0.5) is 23.1 Å². The Kier molecular flexibility index (Phi) is 6.10. The predicted octanol–water partition coefficient (Wildman–Crippen LogP) is 3.07. The van der Waals surface area contributed by atoms with Crippen molar-refractivity contribution in [1.29, 1.82) is 0 Å². The molecule has 0 spiro atoms. The number of hydrogen-bond acceptors (Lipinski definition) is 7. The van der Waals surface area contributed by atoms with Crippen molar-refractivity contribution in [3.8, 4) is 0 Å². The largest absolute Gasteiger partial charge is 0.369 e. The number of amides is 1. The molecule has 33 heavy (non-hydrogen) atoms. The van der Waals surface area contributed by atoms with Crippen LogP contribution in [0.3, 0.4) is 0 Å². The van der Waals surface area contributed by atoms with Gasteiger partial charge >= 0.3 is 0 Å². The van der Waals surface area contributed by atoms with E-state index in [0.717, 1.165) is 63.6 Å². The van der Waals surface area contributed by atoms with Gasteiger partial charge in [-0.05, 0) is 51.8 Å². The van der Waals surface area contributed by atoms with Crippen molar-refractivity contribution in [2.24, 2.45) is 0 Å². The van der Waals surface area contributed by atoms with Gasteiger partial charge in [-0.3, -0.25) is 9.69 Å². The Morgan fingerprint density at radius 3 is 2.67 bits per heavy atom. The van der Waals surface area contributed by atoms with E-state index in [4.69, 9.17) is 4.98 Å². The molecule has 1 amide bonds. The molecule has 176 valence electrons. The fourth-order valence-electron chi connectivity index (χ4n) is 5.31. The van der Waals surface area contributed by atoms with Crippen molar-refractivity contribution >= 4 is 29.0 Å². The molecule has 1 unspecified atom stereocenters. The van der Waals surface area contributed by atoms with Gasteiger partial charge in [-0.1, -0.05) is 6.07 Å². The molecular weight excluding hydrogens is 414 g/mol. The van der Waals surface area contributed by atoms with Crippen molar-refractivity contribution in [3.63, 3.8) is 0 Å². The van der Waals surface area contributed by atoms with Gasteiger partial charge in [-0.15, -0.1) is 0 Å². The van der Waals surface area contributed by atoms with Crippen LogP contribution in [0.2, 0.25) is 0 Å². The van der Waals surface area contributed by atoms with Gasteiger partial charge in [-0.2, -0.15) is 4.98 Å². The van der Waals surface area contributed by atoms with Gasteiger partial charge in [0.05, 0.1) is 0 Å². The molecule has 1 atom stereocenters. The minimum absolute atomic E-state index is 0.00998. The first-order valence-corrected chi connectivity index (χ1v) is 12.3. The highest BCUT2D eigenvalue weighted by Crippen LogP contribution is 2.35. The monoisotopic (exact) mass is 449 g/mol. The van der Waals surface area contributed by atoms with E-state index in [2.05, 4.69) is 63.1 Å². The molecule has 8 nitrogen and oxygen atoms in total. The summed E-state index contributed by atoms with van der Waals surface area (Å²) in [4.78, 5) is 32.1. The normalized spacial score (nSPS) is 21.3. The summed E-state index contributed by atoms with van der Waals surface area (Å²) in [5.41, 5.74) is 2.74. The number of fused-ring (bicyclic) bond motifs is 3. The number of anilines is 4. The van der Waals surface area contributed by atoms with Crippen LogP contribution in [0.15, 0.2) is 30.5 Å². The number of carbonyl (C=O) groups is 1. The van der Waals surface area contributed by atoms with Crippen molar-refractivity contribution in [1.82, 2.24) is 14.9 Å². The lowest BCUT2D eigenvalue weighted by atomic mass is 10.1. The quantitative estimate of drug-likeness (QED) is 0.752. The number of aromatic nitrogens is 2. The Morgan fingerprint density at radius 1 is 1.12 bits per heavy atom. The SMILES string of the molecule is CCNc1ncc2c(n1)N1CCCC1CN(c1cccc(N3CCN(C(C)C)CC3)c1)C2=O. The second kappa shape index (κ2) is 9.17. The molecule has 2 fully saturated rings. The predicted molar refractivity (Wildman–Crippen MR) is 134 cm³/mol. The number of rotatable bonds is 5. The second-order valence-corrected chi connectivity index (χ2v) is 9.50. The van der Waals surface area contributed by atoms with Crippen molar-refractivity contribution in [3.05, 3.63) is 36.0 Å². The van der Waals surface area contributed by atoms with Crippen molar-refractivity contribution in [2.45, 2.75) is 45.7 Å². The number of piperazine rings is 1. The molecule has 5 rings (SSSR count). The molecule has 2 aromatic rings. The molecule has 1 aromatic heterocycles.